The number of piperidine rings is 1. The molecule has 4 N–H and O–H groups in total. The second-order valence-electron chi connectivity index (χ2n) is 3.95. The number of aromatic nitrogens is 1. The summed E-state index contributed by atoms with van der Waals surface area (Å²) in [4.78, 5) is 38.0. The SMILES string of the molecule is Nc1ccc(C(=O)NC2CCC(=O)NC2=O)nc1. The molecule has 1 aliphatic rings. The molecule has 7 nitrogen and oxygen atoms in total. The summed E-state index contributed by atoms with van der Waals surface area (Å²) < 4.78 is 0. The standard InChI is InChI=1S/C11H12N4O3/c12-6-1-2-7(13-5-6)10(17)14-8-3-4-9(16)15-11(8)18/h1-2,5,8H,3-4,12H2,(H,14,17)(H,15,16,18). The molecule has 3 amide bonds. The summed E-state index contributed by atoms with van der Waals surface area (Å²) in [6, 6.07) is 2.32. The molecule has 0 aliphatic carbocycles. The van der Waals surface area contributed by atoms with Crippen LogP contribution < -0.4 is 16.4 Å². The number of nitrogen functional groups attached to an aromatic ring is 1. The van der Waals surface area contributed by atoms with E-state index in [4.69, 9.17) is 5.73 Å². The molecule has 2 rings (SSSR count). The Hall–Kier alpha value is -2.44. The van der Waals surface area contributed by atoms with Gasteiger partial charge < -0.3 is 11.1 Å². The van der Waals surface area contributed by atoms with Crippen LogP contribution >= 0.6 is 0 Å². The van der Waals surface area contributed by atoms with Crippen molar-refractivity contribution >= 4 is 23.4 Å². The summed E-state index contributed by atoms with van der Waals surface area (Å²) in [6.07, 6.45) is 1.87. The maximum atomic E-state index is 11.8. The van der Waals surface area contributed by atoms with Crippen molar-refractivity contribution in [1.29, 1.82) is 0 Å². The quantitative estimate of drug-likeness (QED) is 0.593. The Morgan fingerprint density at radius 3 is 2.83 bits per heavy atom. The summed E-state index contributed by atoms with van der Waals surface area (Å²) in [5.74, 6) is -1.28. The summed E-state index contributed by atoms with van der Waals surface area (Å²) >= 11 is 0. The van der Waals surface area contributed by atoms with Crippen LogP contribution in [0.5, 0.6) is 0 Å². The lowest BCUT2D eigenvalue weighted by molar-refractivity contribution is -0.134. The van der Waals surface area contributed by atoms with Crippen molar-refractivity contribution < 1.29 is 14.4 Å². The number of nitrogens with one attached hydrogen (secondary N) is 2. The first-order chi connectivity index (χ1) is 8.56. The number of pyridine rings is 1. The number of rotatable bonds is 2. The van der Waals surface area contributed by atoms with Crippen molar-refractivity contribution in [1.82, 2.24) is 15.6 Å². The minimum absolute atomic E-state index is 0.175. The van der Waals surface area contributed by atoms with E-state index in [9.17, 15) is 14.4 Å². The predicted molar refractivity (Wildman–Crippen MR) is 62.3 cm³/mol. The van der Waals surface area contributed by atoms with Crippen LogP contribution in [0, 0.1) is 0 Å². The number of imide groups is 1. The minimum atomic E-state index is -0.699. The Morgan fingerprint density at radius 2 is 2.22 bits per heavy atom. The number of carbonyl (C=O) groups excluding carboxylic acids is 3. The molecular formula is C11H12N4O3. The van der Waals surface area contributed by atoms with Crippen molar-refractivity contribution in [3.05, 3.63) is 24.0 Å². The number of hydrogen-bond acceptors (Lipinski definition) is 5. The van der Waals surface area contributed by atoms with Crippen LogP contribution in [0.4, 0.5) is 5.69 Å². The average Bonchev–Trinajstić information content (AvgIpc) is 2.33. The molecule has 1 atom stereocenters. The molecular weight excluding hydrogens is 236 g/mol. The number of hydrogen-bond donors (Lipinski definition) is 3. The first-order valence-corrected chi connectivity index (χ1v) is 5.42. The molecule has 1 aromatic rings. The highest BCUT2D eigenvalue weighted by Gasteiger charge is 2.28. The molecule has 1 fully saturated rings. The van der Waals surface area contributed by atoms with E-state index < -0.39 is 17.9 Å². The summed E-state index contributed by atoms with van der Waals surface area (Å²) in [5.41, 5.74) is 6.08. The van der Waals surface area contributed by atoms with Crippen LogP contribution in [0.3, 0.4) is 0 Å². The Kier molecular flexibility index (Phi) is 3.22. The van der Waals surface area contributed by atoms with Crippen LogP contribution in [0.15, 0.2) is 18.3 Å². The summed E-state index contributed by atoms with van der Waals surface area (Å²) in [7, 11) is 0. The maximum absolute atomic E-state index is 11.8. The van der Waals surface area contributed by atoms with Crippen molar-refractivity contribution in [3.8, 4) is 0 Å². The Labute approximate surface area is 103 Å². The zero-order valence-electron chi connectivity index (χ0n) is 9.47. The Balaban J connectivity index is 2.01. The maximum Gasteiger partial charge on any atom is 0.270 e. The van der Waals surface area contributed by atoms with Gasteiger partial charge >= 0.3 is 0 Å². The van der Waals surface area contributed by atoms with E-state index in [1.54, 1.807) is 6.07 Å². The monoisotopic (exact) mass is 248 g/mol. The van der Waals surface area contributed by atoms with E-state index in [0.29, 0.717) is 12.1 Å². The third kappa shape index (κ3) is 2.62. The number of nitrogens with zero attached hydrogens (tertiary/aromatic N) is 1. The van der Waals surface area contributed by atoms with Gasteiger partial charge in [-0.25, -0.2) is 4.98 Å². The van der Waals surface area contributed by atoms with Crippen molar-refractivity contribution in [3.63, 3.8) is 0 Å². The first-order valence-electron chi connectivity index (χ1n) is 5.42. The Bertz CT molecular complexity index is 498. The van der Waals surface area contributed by atoms with Gasteiger partial charge in [-0.3, -0.25) is 19.7 Å². The van der Waals surface area contributed by atoms with E-state index in [2.05, 4.69) is 15.6 Å². The molecule has 2 heterocycles. The zero-order chi connectivity index (χ0) is 13.1. The summed E-state index contributed by atoms with van der Waals surface area (Å²) in [5, 5.41) is 4.68. The van der Waals surface area contributed by atoms with Gasteiger partial charge in [0.25, 0.3) is 5.91 Å². The van der Waals surface area contributed by atoms with E-state index in [-0.39, 0.29) is 18.0 Å². The van der Waals surface area contributed by atoms with Gasteiger partial charge in [-0.1, -0.05) is 0 Å². The van der Waals surface area contributed by atoms with E-state index in [0.717, 1.165) is 0 Å². The van der Waals surface area contributed by atoms with Crippen LogP contribution in [0.1, 0.15) is 23.3 Å². The van der Waals surface area contributed by atoms with Gasteiger partial charge in [0.15, 0.2) is 0 Å². The topological polar surface area (TPSA) is 114 Å². The fraction of sp³-hybridized carbons (Fsp3) is 0.273. The highest BCUT2D eigenvalue weighted by Crippen LogP contribution is 2.06. The molecule has 7 heteroatoms. The van der Waals surface area contributed by atoms with Crippen LogP contribution in [-0.4, -0.2) is 28.7 Å². The van der Waals surface area contributed by atoms with E-state index in [1.807, 2.05) is 0 Å². The molecule has 1 saturated heterocycles. The largest absolute Gasteiger partial charge is 0.397 e. The second-order valence-corrected chi connectivity index (χ2v) is 3.95. The molecule has 94 valence electrons. The third-order valence-corrected chi connectivity index (χ3v) is 2.56. The molecule has 0 aromatic carbocycles. The third-order valence-electron chi connectivity index (χ3n) is 2.56. The van der Waals surface area contributed by atoms with E-state index >= 15 is 0 Å². The van der Waals surface area contributed by atoms with Crippen LogP contribution in [0.25, 0.3) is 0 Å². The number of amides is 3. The van der Waals surface area contributed by atoms with Crippen molar-refractivity contribution in [2.75, 3.05) is 5.73 Å². The molecule has 1 unspecified atom stereocenters. The van der Waals surface area contributed by atoms with E-state index in [1.165, 1.54) is 12.3 Å². The van der Waals surface area contributed by atoms with Gasteiger partial charge in [-0.15, -0.1) is 0 Å². The fourth-order valence-corrected chi connectivity index (χ4v) is 1.60. The minimum Gasteiger partial charge on any atom is -0.397 e. The molecule has 18 heavy (non-hydrogen) atoms. The lowest BCUT2D eigenvalue weighted by Crippen LogP contribution is -2.52. The van der Waals surface area contributed by atoms with Gasteiger partial charge in [0.2, 0.25) is 11.8 Å². The normalized spacial score (nSPS) is 19.2. The molecule has 1 aromatic heterocycles. The lowest BCUT2D eigenvalue weighted by Gasteiger charge is -2.21. The number of anilines is 1. The predicted octanol–water partition coefficient (Wildman–Crippen LogP) is -0.801. The van der Waals surface area contributed by atoms with Crippen LogP contribution in [0.2, 0.25) is 0 Å². The number of nitrogens with two attached hydrogens (primary N) is 1. The van der Waals surface area contributed by atoms with Gasteiger partial charge in [0, 0.05) is 6.42 Å². The van der Waals surface area contributed by atoms with Gasteiger partial charge in [-0.05, 0) is 18.6 Å². The Morgan fingerprint density at radius 1 is 1.44 bits per heavy atom. The lowest BCUT2D eigenvalue weighted by atomic mass is 10.1. The molecule has 0 spiro atoms. The van der Waals surface area contributed by atoms with Gasteiger partial charge in [-0.2, -0.15) is 0 Å². The smallest absolute Gasteiger partial charge is 0.270 e. The second kappa shape index (κ2) is 4.82. The fourth-order valence-electron chi connectivity index (χ4n) is 1.60. The van der Waals surface area contributed by atoms with Crippen molar-refractivity contribution in [2.24, 2.45) is 0 Å². The average molecular weight is 248 g/mol. The molecule has 0 bridgehead atoms. The van der Waals surface area contributed by atoms with Gasteiger partial charge in [0.05, 0.1) is 11.9 Å². The number of carbonyl (C=O) groups is 3. The highest BCUT2D eigenvalue weighted by atomic mass is 16.2. The highest BCUT2D eigenvalue weighted by molar-refractivity contribution is 6.03. The zero-order valence-corrected chi connectivity index (χ0v) is 9.47. The summed E-state index contributed by atoms with van der Waals surface area (Å²) in [6.45, 7) is 0. The molecule has 0 radical (unpaired) electrons. The van der Waals surface area contributed by atoms with Crippen LogP contribution in [-0.2, 0) is 9.59 Å². The van der Waals surface area contributed by atoms with Gasteiger partial charge in [0.1, 0.15) is 11.7 Å². The first kappa shape index (κ1) is 12.0. The molecule has 0 saturated carbocycles. The van der Waals surface area contributed by atoms with Crippen molar-refractivity contribution in [2.45, 2.75) is 18.9 Å². The molecule has 1 aliphatic heterocycles.